The van der Waals surface area contributed by atoms with Crippen LogP contribution in [-0.4, -0.2) is 17.9 Å². The van der Waals surface area contributed by atoms with E-state index in [1.807, 2.05) is 18.2 Å². The highest BCUT2D eigenvalue weighted by Gasteiger charge is 2.31. The van der Waals surface area contributed by atoms with Gasteiger partial charge in [-0.15, -0.1) is 0 Å². The first-order valence-corrected chi connectivity index (χ1v) is 9.44. The highest BCUT2D eigenvalue weighted by molar-refractivity contribution is 6.05. The van der Waals surface area contributed by atoms with Crippen LogP contribution in [0, 0.1) is 0 Å². The monoisotopic (exact) mass is 426 g/mol. The van der Waals surface area contributed by atoms with E-state index < -0.39 is 23.8 Å². The van der Waals surface area contributed by atoms with Gasteiger partial charge in [0, 0.05) is 23.4 Å². The van der Waals surface area contributed by atoms with Gasteiger partial charge >= 0.3 is 6.18 Å². The van der Waals surface area contributed by atoms with E-state index in [2.05, 4.69) is 10.6 Å². The van der Waals surface area contributed by atoms with Crippen molar-refractivity contribution >= 4 is 23.2 Å². The summed E-state index contributed by atoms with van der Waals surface area (Å²) in [5.74, 6) is -0.288. The fraction of sp³-hybridized carbons (Fsp3) is 0.130. The Labute approximate surface area is 175 Å². The molecule has 158 valence electrons. The molecule has 1 aliphatic rings. The third-order valence-corrected chi connectivity index (χ3v) is 4.78. The Morgan fingerprint density at radius 1 is 0.871 bits per heavy atom. The van der Waals surface area contributed by atoms with E-state index in [9.17, 15) is 22.8 Å². The SMILES string of the molecule is O=C(Nc1cccc(C(F)(F)F)c1)c1cccc(NC(=O)C2Cc3ccccc3O2)c1. The van der Waals surface area contributed by atoms with E-state index in [1.54, 1.807) is 18.2 Å². The van der Waals surface area contributed by atoms with Gasteiger partial charge in [-0.2, -0.15) is 13.2 Å². The van der Waals surface area contributed by atoms with Gasteiger partial charge in [-0.3, -0.25) is 9.59 Å². The molecule has 0 saturated carbocycles. The van der Waals surface area contributed by atoms with Crippen molar-refractivity contribution in [2.24, 2.45) is 0 Å². The van der Waals surface area contributed by atoms with E-state index in [4.69, 9.17) is 4.74 Å². The lowest BCUT2D eigenvalue weighted by atomic mass is 10.1. The number of para-hydroxylation sites is 1. The molecule has 3 aromatic carbocycles. The van der Waals surface area contributed by atoms with Gasteiger partial charge in [-0.1, -0.05) is 30.3 Å². The molecule has 0 aliphatic carbocycles. The average molecular weight is 426 g/mol. The summed E-state index contributed by atoms with van der Waals surface area (Å²) in [6.45, 7) is 0. The first-order chi connectivity index (χ1) is 14.8. The fourth-order valence-corrected chi connectivity index (χ4v) is 3.27. The molecule has 3 aromatic rings. The zero-order valence-electron chi connectivity index (χ0n) is 16.1. The molecule has 4 rings (SSSR count). The molecule has 8 heteroatoms. The van der Waals surface area contributed by atoms with E-state index in [0.717, 1.165) is 17.7 Å². The Morgan fingerprint density at radius 2 is 1.58 bits per heavy atom. The Hall–Kier alpha value is -3.81. The van der Waals surface area contributed by atoms with Crippen molar-refractivity contribution in [2.45, 2.75) is 18.7 Å². The Balaban J connectivity index is 1.43. The van der Waals surface area contributed by atoms with Crippen molar-refractivity contribution in [3.05, 3.63) is 89.5 Å². The third-order valence-electron chi connectivity index (χ3n) is 4.78. The first kappa shape index (κ1) is 20.5. The molecule has 1 aliphatic heterocycles. The lowest BCUT2D eigenvalue weighted by Crippen LogP contribution is -2.31. The number of anilines is 2. The smallest absolute Gasteiger partial charge is 0.416 e. The molecule has 2 N–H and O–H groups in total. The molecule has 1 atom stereocenters. The number of alkyl halides is 3. The van der Waals surface area contributed by atoms with Crippen LogP contribution in [-0.2, 0) is 17.4 Å². The van der Waals surface area contributed by atoms with E-state index in [0.29, 0.717) is 17.9 Å². The van der Waals surface area contributed by atoms with Gasteiger partial charge in [0.15, 0.2) is 6.10 Å². The number of halogens is 3. The van der Waals surface area contributed by atoms with Gasteiger partial charge in [-0.25, -0.2) is 0 Å². The normalized spacial score (nSPS) is 15.0. The second kappa shape index (κ2) is 8.14. The zero-order chi connectivity index (χ0) is 22.0. The summed E-state index contributed by atoms with van der Waals surface area (Å²) in [5.41, 5.74) is 0.666. The van der Waals surface area contributed by atoms with Crippen LogP contribution in [0.1, 0.15) is 21.5 Å². The van der Waals surface area contributed by atoms with Gasteiger partial charge in [-0.05, 0) is 48.0 Å². The van der Waals surface area contributed by atoms with E-state index in [1.165, 1.54) is 24.3 Å². The molecule has 1 unspecified atom stereocenters. The van der Waals surface area contributed by atoms with Crippen LogP contribution in [0.2, 0.25) is 0 Å². The minimum Gasteiger partial charge on any atom is -0.480 e. The topological polar surface area (TPSA) is 67.4 Å². The van der Waals surface area contributed by atoms with Crippen LogP contribution in [0.25, 0.3) is 0 Å². The van der Waals surface area contributed by atoms with Crippen molar-refractivity contribution in [1.29, 1.82) is 0 Å². The molecule has 5 nitrogen and oxygen atoms in total. The molecule has 0 aromatic heterocycles. The van der Waals surface area contributed by atoms with Gasteiger partial charge in [0.2, 0.25) is 0 Å². The minimum atomic E-state index is -4.51. The molecule has 2 amide bonds. The summed E-state index contributed by atoms with van der Waals surface area (Å²) >= 11 is 0. The molecule has 31 heavy (non-hydrogen) atoms. The average Bonchev–Trinajstić information content (AvgIpc) is 3.18. The summed E-state index contributed by atoms with van der Waals surface area (Å²) in [7, 11) is 0. The lowest BCUT2D eigenvalue weighted by Gasteiger charge is -2.13. The van der Waals surface area contributed by atoms with Crippen LogP contribution in [0.4, 0.5) is 24.5 Å². The number of hydrogen-bond donors (Lipinski definition) is 2. The number of fused-ring (bicyclic) bond motifs is 1. The summed E-state index contributed by atoms with van der Waals surface area (Å²) in [6.07, 6.45) is -4.75. The largest absolute Gasteiger partial charge is 0.480 e. The number of carbonyl (C=O) groups is 2. The van der Waals surface area contributed by atoms with Crippen molar-refractivity contribution < 1.29 is 27.5 Å². The Morgan fingerprint density at radius 3 is 2.32 bits per heavy atom. The van der Waals surface area contributed by atoms with Gasteiger partial charge in [0.05, 0.1) is 5.56 Å². The van der Waals surface area contributed by atoms with Crippen LogP contribution in [0.3, 0.4) is 0 Å². The van der Waals surface area contributed by atoms with Gasteiger partial charge < -0.3 is 15.4 Å². The van der Waals surface area contributed by atoms with Crippen LogP contribution in [0.5, 0.6) is 5.75 Å². The van der Waals surface area contributed by atoms with Crippen molar-refractivity contribution in [3.8, 4) is 5.75 Å². The quantitative estimate of drug-likeness (QED) is 0.624. The maximum absolute atomic E-state index is 12.9. The number of ether oxygens (including phenoxy) is 1. The molecule has 1 heterocycles. The standard InChI is InChI=1S/C23H17F3N2O3/c24-23(25,26)16-7-4-9-18(13-16)27-21(29)15-6-3-8-17(11-15)28-22(30)20-12-14-5-1-2-10-19(14)31-20/h1-11,13,20H,12H2,(H,27,29)(H,28,30). The highest BCUT2D eigenvalue weighted by Crippen LogP contribution is 2.31. The number of nitrogens with one attached hydrogen (secondary N) is 2. The van der Waals surface area contributed by atoms with Crippen molar-refractivity contribution in [2.75, 3.05) is 10.6 Å². The summed E-state index contributed by atoms with van der Waals surface area (Å²) in [6, 6.07) is 17.9. The van der Waals surface area contributed by atoms with Crippen LogP contribution < -0.4 is 15.4 Å². The lowest BCUT2D eigenvalue weighted by molar-refractivity contribution is -0.137. The number of carbonyl (C=O) groups excluding carboxylic acids is 2. The van der Waals surface area contributed by atoms with Crippen LogP contribution >= 0.6 is 0 Å². The number of rotatable bonds is 4. The first-order valence-electron chi connectivity index (χ1n) is 9.44. The zero-order valence-corrected chi connectivity index (χ0v) is 16.1. The van der Waals surface area contributed by atoms with Gasteiger partial charge in [0.25, 0.3) is 11.8 Å². The molecule has 0 radical (unpaired) electrons. The van der Waals surface area contributed by atoms with E-state index >= 15 is 0 Å². The predicted molar refractivity (Wildman–Crippen MR) is 109 cm³/mol. The Kier molecular flexibility index (Phi) is 5.37. The molecule has 0 fully saturated rings. The second-order valence-electron chi connectivity index (χ2n) is 7.02. The molecular weight excluding hydrogens is 409 g/mol. The molecular formula is C23H17F3N2O3. The number of benzene rings is 3. The maximum atomic E-state index is 12.9. The van der Waals surface area contributed by atoms with Crippen molar-refractivity contribution in [1.82, 2.24) is 0 Å². The highest BCUT2D eigenvalue weighted by atomic mass is 19.4. The molecule has 0 spiro atoms. The predicted octanol–water partition coefficient (Wildman–Crippen LogP) is 4.90. The summed E-state index contributed by atoms with van der Waals surface area (Å²) in [5, 5.41) is 5.16. The number of hydrogen-bond acceptors (Lipinski definition) is 3. The Bertz CT molecular complexity index is 1120. The molecule has 0 saturated heterocycles. The second-order valence-corrected chi connectivity index (χ2v) is 7.02. The minimum absolute atomic E-state index is 0.0198. The van der Waals surface area contributed by atoms with E-state index in [-0.39, 0.29) is 17.2 Å². The molecule has 0 bridgehead atoms. The van der Waals surface area contributed by atoms with Gasteiger partial charge in [0.1, 0.15) is 5.75 Å². The fourth-order valence-electron chi connectivity index (χ4n) is 3.27. The van der Waals surface area contributed by atoms with Crippen LogP contribution in [0.15, 0.2) is 72.8 Å². The summed E-state index contributed by atoms with van der Waals surface area (Å²) in [4.78, 5) is 25.0. The van der Waals surface area contributed by atoms with Crippen molar-refractivity contribution in [3.63, 3.8) is 0 Å². The maximum Gasteiger partial charge on any atom is 0.416 e. The third kappa shape index (κ3) is 4.69. The number of amides is 2. The summed E-state index contributed by atoms with van der Waals surface area (Å²) < 4.78 is 44.2.